The molecular weight excluding hydrogens is 384 g/mol. The second kappa shape index (κ2) is 24.6. The van der Waals surface area contributed by atoms with Crippen LogP contribution in [0.3, 0.4) is 0 Å². The molecule has 0 aromatic carbocycles. The van der Waals surface area contributed by atoms with Gasteiger partial charge in [-0.05, 0) is 25.2 Å². The molecule has 0 rings (SSSR count). The Morgan fingerprint density at radius 2 is 1.10 bits per heavy atom. The number of ether oxygens (including phenoxy) is 5. The van der Waals surface area contributed by atoms with Gasteiger partial charge < -0.3 is 23.7 Å². The van der Waals surface area contributed by atoms with E-state index in [9.17, 15) is 4.79 Å². The lowest BCUT2D eigenvalue weighted by Crippen LogP contribution is -2.12. The molecule has 6 nitrogen and oxygen atoms in total. The molecule has 0 heterocycles. The Bertz CT molecular complexity index is 349. The van der Waals surface area contributed by atoms with E-state index in [1.54, 1.807) is 0 Å². The summed E-state index contributed by atoms with van der Waals surface area (Å²) in [6.45, 7) is 12.0. The van der Waals surface area contributed by atoms with Gasteiger partial charge in [-0.2, -0.15) is 0 Å². The van der Waals surface area contributed by atoms with Crippen molar-refractivity contribution in [3.63, 3.8) is 0 Å². The number of hydrogen-bond donors (Lipinski definition) is 0. The van der Waals surface area contributed by atoms with Crippen molar-refractivity contribution in [3.05, 3.63) is 0 Å². The maximum atomic E-state index is 11.7. The molecule has 0 amide bonds. The van der Waals surface area contributed by atoms with Gasteiger partial charge in [-0.15, -0.1) is 0 Å². The lowest BCUT2D eigenvalue weighted by molar-refractivity contribution is -0.144. The molecule has 180 valence electrons. The summed E-state index contributed by atoms with van der Waals surface area (Å²) < 4.78 is 27.0. The first-order valence-electron chi connectivity index (χ1n) is 12.1. The highest BCUT2D eigenvalue weighted by Gasteiger charge is 2.03. The molecule has 0 N–H and O–H groups in total. The molecule has 0 aliphatic rings. The Balaban J connectivity index is 3.14. The molecule has 30 heavy (non-hydrogen) atoms. The summed E-state index contributed by atoms with van der Waals surface area (Å²) in [4.78, 5) is 11.7. The van der Waals surface area contributed by atoms with Crippen LogP contribution < -0.4 is 0 Å². The highest BCUT2D eigenvalue weighted by atomic mass is 16.6. The summed E-state index contributed by atoms with van der Waals surface area (Å²) in [5.41, 5.74) is 0. The molecular formula is C24H48O6. The van der Waals surface area contributed by atoms with Gasteiger partial charge in [-0.25, -0.2) is 0 Å². The zero-order chi connectivity index (χ0) is 22.1. The standard InChI is InChI=1S/C24H48O6/c1-4-5-14-26-17-19-28-21-22-29-20-18-27-15-11-13-24(25)30-16-10-8-6-7-9-12-23(2)3/h23H,4-22H2,1-3H3. The fourth-order valence-electron chi connectivity index (χ4n) is 2.77. The highest BCUT2D eigenvalue weighted by molar-refractivity contribution is 5.69. The van der Waals surface area contributed by atoms with E-state index in [4.69, 9.17) is 23.7 Å². The van der Waals surface area contributed by atoms with E-state index >= 15 is 0 Å². The Labute approximate surface area is 185 Å². The van der Waals surface area contributed by atoms with Crippen molar-refractivity contribution in [3.8, 4) is 0 Å². The first-order chi connectivity index (χ1) is 14.7. The van der Waals surface area contributed by atoms with Gasteiger partial charge in [0.2, 0.25) is 0 Å². The largest absolute Gasteiger partial charge is 0.466 e. The zero-order valence-corrected chi connectivity index (χ0v) is 20.0. The molecule has 0 saturated heterocycles. The lowest BCUT2D eigenvalue weighted by atomic mass is 10.0. The predicted molar refractivity (Wildman–Crippen MR) is 121 cm³/mol. The average molecular weight is 433 g/mol. The van der Waals surface area contributed by atoms with Crippen LogP contribution in [-0.2, 0) is 28.5 Å². The van der Waals surface area contributed by atoms with Crippen LogP contribution in [0.5, 0.6) is 0 Å². The number of carbonyl (C=O) groups excluding carboxylic acids is 1. The van der Waals surface area contributed by atoms with Crippen molar-refractivity contribution < 1.29 is 28.5 Å². The van der Waals surface area contributed by atoms with Gasteiger partial charge in [0.05, 0.1) is 46.2 Å². The third-order valence-electron chi connectivity index (χ3n) is 4.62. The lowest BCUT2D eigenvalue weighted by Gasteiger charge is -2.08. The fraction of sp³-hybridized carbons (Fsp3) is 0.958. The minimum Gasteiger partial charge on any atom is -0.466 e. The Morgan fingerprint density at radius 1 is 0.600 bits per heavy atom. The third-order valence-corrected chi connectivity index (χ3v) is 4.62. The fourth-order valence-corrected chi connectivity index (χ4v) is 2.77. The van der Waals surface area contributed by atoms with Gasteiger partial charge in [-0.3, -0.25) is 4.79 Å². The van der Waals surface area contributed by atoms with Gasteiger partial charge >= 0.3 is 5.97 Å². The zero-order valence-electron chi connectivity index (χ0n) is 20.0. The van der Waals surface area contributed by atoms with Crippen molar-refractivity contribution >= 4 is 5.97 Å². The number of esters is 1. The molecule has 6 heteroatoms. The quantitative estimate of drug-likeness (QED) is 0.155. The molecule has 0 unspecified atom stereocenters. The molecule has 0 atom stereocenters. The van der Waals surface area contributed by atoms with Gasteiger partial charge in [0.1, 0.15) is 0 Å². The normalized spacial score (nSPS) is 11.3. The van der Waals surface area contributed by atoms with Crippen LogP contribution in [-0.4, -0.2) is 65.4 Å². The van der Waals surface area contributed by atoms with Crippen molar-refractivity contribution in [2.45, 2.75) is 85.0 Å². The molecule has 0 saturated carbocycles. The summed E-state index contributed by atoms with van der Waals surface area (Å²) >= 11 is 0. The summed E-state index contributed by atoms with van der Waals surface area (Å²) in [7, 11) is 0. The Kier molecular flexibility index (Phi) is 24.0. The third kappa shape index (κ3) is 25.3. The first kappa shape index (κ1) is 29.3. The van der Waals surface area contributed by atoms with E-state index in [2.05, 4.69) is 20.8 Å². The molecule has 0 bridgehead atoms. The first-order valence-corrected chi connectivity index (χ1v) is 12.1. The highest BCUT2D eigenvalue weighted by Crippen LogP contribution is 2.10. The topological polar surface area (TPSA) is 63.2 Å². The van der Waals surface area contributed by atoms with Crippen LogP contribution in [0.2, 0.25) is 0 Å². The summed E-state index contributed by atoms with van der Waals surface area (Å²) in [6.07, 6.45) is 10.6. The minimum atomic E-state index is -0.120. The van der Waals surface area contributed by atoms with Gasteiger partial charge in [0, 0.05) is 19.6 Å². The van der Waals surface area contributed by atoms with Crippen LogP contribution in [0.1, 0.15) is 85.0 Å². The SMILES string of the molecule is CCCCOCCOCCOCCOCCCC(=O)OCCCCCCCC(C)C. The number of rotatable bonds is 24. The van der Waals surface area contributed by atoms with Crippen LogP contribution in [0, 0.1) is 5.92 Å². The molecule has 0 aromatic rings. The van der Waals surface area contributed by atoms with Gasteiger partial charge in [0.15, 0.2) is 0 Å². The van der Waals surface area contributed by atoms with E-state index in [0.29, 0.717) is 65.7 Å². The maximum absolute atomic E-state index is 11.7. The Hall–Kier alpha value is -0.690. The number of hydrogen-bond acceptors (Lipinski definition) is 6. The summed E-state index contributed by atoms with van der Waals surface area (Å²) in [5.74, 6) is 0.679. The average Bonchev–Trinajstić information content (AvgIpc) is 2.72. The van der Waals surface area contributed by atoms with Crippen LogP contribution in [0.25, 0.3) is 0 Å². The van der Waals surface area contributed by atoms with Crippen LogP contribution in [0.4, 0.5) is 0 Å². The van der Waals surface area contributed by atoms with E-state index < -0.39 is 0 Å². The molecule has 0 spiro atoms. The van der Waals surface area contributed by atoms with Crippen molar-refractivity contribution in [2.24, 2.45) is 5.92 Å². The molecule has 0 aliphatic carbocycles. The predicted octanol–water partition coefficient (Wildman–Crippen LogP) is 5.17. The maximum Gasteiger partial charge on any atom is 0.305 e. The molecule has 0 aromatic heterocycles. The smallest absolute Gasteiger partial charge is 0.305 e. The van der Waals surface area contributed by atoms with E-state index in [0.717, 1.165) is 38.2 Å². The van der Waals surface area contributed by atoms with Gasteiger partial charge in [-0.1, -0.05) is 59.3 Å². The molecule has 0 radical (unpaired) electrons. The van der Waals surface area contributed by atoms with E-state index in [1.165, 1.54) is 25.7 Å². The number of carbonyl (C=O) groups is 1. The monoisotopic (exact) mass is 432 g/mol. The Morgan fingerprint density at radius 3 is 1.67 bits per heavy atom. The van der Waals surface area contributed by atoms with Crippen molar-refractivity contribution in [1.29, 1.82) is 0 Å². The summed E-state index contributed by atoms with van der Waals surface area (Å²) in [5, 5.41) is 0. The summed E-state index contributed by atoms with van der Waals surface area (Å²) in [6, 6.07) is 0. The van der Waals surface area contributed by atoms with Crippen LogP contribution >= 0.6 is 0 Å². The second-order valence-electron chi connectivity index (χ2n) is 8.08. The minimum absolute atomic E-state index is 0.120. The number of unbranched alkanes of at least 4 members (excludes halogenated alkanes) is 5. The van der Waals surface area contributed by atoms with E-state index in [1.807, 2.05) is 0 Å². The molecule has 0 fully saturated rings. The second-order valence-corrected chi connectivity index (χ2v) is 8.08. The van der Waals surface area contributed by atoms with Gasteiger partial charge in [0.25, 0.3) is 0 Å². The van der Waals surface area contributed by atoms with E-state index in [-0.39, 0.29) is 5.97 Å². The van der Waals surface area contributed by atoms with Crippen LogP contribution in [0.15, 0.2) is 0 Å². The molecule has 0 aliphatic heterocycles. The van der Waals surface area contributed by atoms with Crippen molar-refractivity contribution in [1.82, 2.24) is 0 Å². The van der Waals surface area contributed by atoms with Crippen molar-refractivity contribution in [2.75, 3.05) is 59.5 Å².